The maximum absolute atomic E-state index is 5.78. The van der Waals surface area contributed by atoms with Crippen LogP contribution in [0.5, 0.6) is 0 Å². The van der Waals surface area contributed by atoms with Crippen LogP contribution in [0.4, 0.5) is 17.2 Å². The van der Waals surface area contributed by atoms with Crippen LogP contribution in [0.1, 0.15) is 0 Å². The molecule has 0 spiro atoms. The molecule has 0 unspecified atom stereocenters. The van der Waals surface area contributed by atoms with Gasteiger partial charge in [0, 0.05) is 28.7 Å². The first kappa shape index (κ1) is 9.80. The van der Waals surface area contributed by atoms with Gasteiger partial charge in [0.2, 0.25) is 0 Å². The van der Waals surface area contributed by atoms with Gasteiger partial charge in [-0.1, -0.05) is 11.6 Å². The second-order valence-electron chi connectivity index (χ2n) is 3.11. The van der Waals surface area contributed by atoms with Crippen molar-refractivity contribution in [2.75, 3.05) is 11.1 Å². The molecular formula is C11H10ClN3. The Balaban J connectivity index is 2.18. The standard InChI is InChI=1S/C11H10ClN3/c12-8-1-3-10(4-2-8)15-11-7-9(13)5-6-14-11/h1-7H,(H3,13,14,15). The van der Waals surface area contributed by atoms with Crippen molar-refractivity contribution in [1.82, 2.24) is 4.98 Å². The molecular weight excluding hydrogens is 210 g/mol. The van der Waals surface area contributed by atoms with Crippen LogP contribution < -0.4 is 11.1 Å². The number of nitrogens with zero attached hydrogens (tertiary/aromatic N) is 1. The van der Waals surface area contributed by atoms with Crippen molar-refractivity contribution >= 4 is 28.8 Å². The Morgan fingerprint density at radius 2 is 1.87 bits per heavy atom. The summed E-state index contributed by atoms with van der Waals surface area (Å²) in [4.78, 5) is 4.13. The Hall–Kier alpha value is -1.74. The molecule has 1 aromatic carbocycles. The van der Waals surface area contributed by atoms with E-state index in [0.717, 1.165) is 11.5 Å². The number of anilines is 3. The number of halogens is 1. The molecule has 3 nitrogen and oxygen atoms in total. The highest BCUT2D eigenvalue weighted by Crippen LogP contribution is 2.18. The summed E-state index contributed by atoms with van der Waals surface area (Å²) in [7, 11) is 0. The summed E-state index contributed by atoms with van der Waals surface area (Å²) in [5.41, 5.74) is 7.25. The minimum atomic E-state index is 0.682. The molecule has 0 amide bonds. The average molecular weight is 220 g/mol. The van der Waals surface area contributed by atoms with E-state index in [1.807, 2.05) is 24.3 Å². The molecule has 3 N–H and O–H groups in total. The summed E-state index contributed by atoms with van der Waals surface area (Å²) in [6.45, 7) is 0. The molecule has 2 rings (SSSR count). The summed E-state index contributed by atoms with van der Waals surface area (Å²) in [5, 5.41) is 3.83. The fraction of sp³-hybridized carbons (Fsp3) is 0. The van der Waals surface area contributed by atoms with Gasteiger partial charge in [0.25, 0.3) is 0 Å². The molecule has 0 aliphatic rings. The van der Waals surface area contributed by atoms with Crippen LogP contribution in [0.15, 0.2) is 42.6 Å². The SMILES string of the molecule is Nc1ccnc(Nc2ccc(Cl)cc2)c1. The van der Waals surface area contributed by atoms with Gasteiger partial charge in [-0.2, -0.15) is 0 Å². The number of nitrogen functional groups attached to an aromatic ring is 1. The third-order valence-corrected chi connectivity index (χ3v) is 2.15. The molecule has 0 atom stereocenters. The normalized spacial score (nSPS) is 9.93. The lowest BCUT2D eigenvalue weighted by molar-refractivity contribution is 1.31. The molecule has 0 aliphatic heterocycles. The Morgan fingerprint density at radius 1 is 1.13 bits per heavy atom. The third-order valence-electron chi connectivity index (χ3n) is 1.90. The van der Waals surface area contributed by atoms with Gasteiger partial charge in [-0.05, 0) is 30.3 Å². The molecule has 15 heavy (non-hydrogen) atoms. The highest BCUT2D eigenvalue weighted by atomic mass is 35.5. The van der Waals surface area contributed by atoms with Gasteiger partial charge in [-0.15, -0.1) is 0 Å². The number of nitrogens with two attached hydrogens (primary N) is 1. The fourth-order valence-corrected chi connectivity index (χ4v) is 1.32. The maximum Gasteiger partial charge on any atom is 0.132 e. The van der Waals surface area contributed by atoms with Gasteiger partial charge >= 0.3 is 0 Å². The lowest BCUT2D eigenvalue weighted by atomic mass is 10.3. The van der Waals surface area contributed by atoms with E-state index in [0.29, 0.717) is 10.7 Å². The van der Waals surface area contributed by atoms with Gasteiger partial charge in [0.1, 0.15) is 5.82 Å². The van der Waals surface area contributed by atoms with Gasteiger partial charge < -0.3 is 11.1 Å². The smallest absolute Gasteiger partial charge is 0.132 e. The molecule has 0 fully saturated rings. The van der Waals surface area contributed by atoms with Crippen molar-refractivity contribution in [3.05, 3.63) is 47.6 Å². The Kier molecular flexibility index (Phi) is 2.74. The van der Waals surface area contributed by atoms with Crippen molar-refractivity contribution < 1.29 is 0 Å². The number of benzene rings is 1. The first-order valence-corrected chi connectivity index (χ1v) is 4.86. The third kappa shape index (κ3) is 2.60. The summed E-state index contributed by atoms with van der Waals surface area (Å²) < 4.78 is 0. The maximum atomic E-state index is 5.78. The summed E-state index contributed by atoms with van der Waals surface area (Å²) in [6.07, 6.45) is 1.66. The first-order valence-electron chi connectivity index (χ1n) is 4.48. The Morgan fingerprint density at radius 3 is 2.53 bits per heavy atom. The second kappa shape index (κ2) is 4.19. The number of aromatic nitrogens is 1. The van der Waals surface area contributed by atoms with Gasteiger partial charge in [-0.3, -0.25) is 0 Å². The average Bonchev–Trinajstić information content (AvgIpc) is 2.22. The fourth-order valence-electron chi connectivity index (χ4n) is 1.20. The molecule has 0 saturated carbocycles. The molecule has 0 saturated heterocycles. The van der Waals surface area contributed by atoms with E-state index < -0.39 is 0 Å². The summed E-state index contributed by atoms with van der Waals surface area (Å²) >= 11 is 5.78. The molecule has 2 aromatic rings. The highest BCUT2D eigenvalue weighted by Gasteiger charge is 1.96. The summed E-state index contributed by atoms with van der Waals surface area (Å²) in [6, 6.07) is 10.9. The van der Waals surface area contributed by atoms with Crippen LogP contribution in [-0.4, -0.2) is 4.98 Å². The van der Waals surface area contributed by atoms with E-state index in [9.17, 15) is 0 Å². The quantitative estimate of drug-likeness (QED) is 0.816. The molecule has 76 valence electrons. The van der Waals surface area contributed by atoms with Crippen molar-refractivity contribution in [1.29, 1.82) is 0 Å². The number of rotatable bonds is 2. The zero-order chi connectivity index (χ0) is 10.7. The van der Waals surface area contributed by atoms with Crippen LogP contribution in [0.2, 0.25) is 5.02 Å². The minimum absolute atomic E-state index is 0.682. The van der Waals surface area contributed by atoms with E-state index in [-0.39, 0.29) is 0 Å². The number of pyridine rings is 1. The predicted octanol–water partition coefficient (Wildman–Crippen LogP) is 3.06. The number of nitrogens with one attached hydrogen (secondary N) is 1. The van der Waals surface area contributed by atoms with E-state index in [2.05, 4.69) is 10.3 Å². The van der Waals surface area contributed by atoms with E-state index >= 15 is 0 Å². The minimum Gasteiger partial charge on any atom is -0.399 e. The molecule has 0 aliphatic carbocycles. The van der Waals surface area contributed by atoms with Crippen molar-refractivity contribution in [3.8, 4) is 0 Å². The van der Waals surface area contributed by atoms with Crippen molar-refractivity contribution in [3.63, 3.8) is 0 Å². The largest absolute Gasteiger partial charge is 0.399 e. The molecule has 0 radical (unpaired) electrons. The number of hydrogen-bond donors (Lipinski definition) is 2. The van der Waals surface area contributed by atoms with Crippen LogP contribution in [-0.2, 0) is 0 Å². The zero-order valence-corrected chi connectivity index (χ0v) is 8.70. The van der Waals surface area contributed by atoms with Crippen LogP contribution in [0.3, 0.4) is 0 Å². The molecule has 1 aromatic heterocycles. The van der Waals surface area contributed by atoms with E-state index in [1.54, 1.807) is 18.3 Å². The zero-order valence-electron chi connectivity index (χ0n) is 7.94. The van der Waals surface area contributed by atoms with E-state index in [1.165, 1.54) is 0 Å². The van der Waals surface area contributed by atoms with Gasteiger partial charge in [-0.25, -0.2) is 4.98 Å². The van der Waals surface area contributed by atoms with Crippen LogP contribution in [0.25, 0.3) is 0 Å². The van der Waals surface area contributed by atoms with Gasteiger partial charge in [0.05, 0.1) is 0 Å². The first-order chi connectivity index (χ1) is 7.24. The van der Waals surface area contributed by atoms with Crippen molar-refractivity contribution in [2.45, 2.75) is 0 Å². The van der Waals surface area contributed by atoms with Crippen LogP contribution in [0, 0.1) is 0 Å². The second-order valence-corrected chi connectivity index (χ2v) is 3.54. The molecule has 4 heteroatoms. The van der Waals surface area contributed by atoms with E-state index in [4.69, 9.17) is 17.3 Å². The Labute approximate surface area is 92.9 Å². The van der Waals surface area contributed by atoms with Crippen molar-refractivity contribution in [2.24, 2.45) is 0 Å². The predicted molar refractivity (Wildman–Crippen MR) is 63.4 cm³/mol. The van der Waals surface area contributed by atoms with Crippen LogP contribution >= 0.6 is 11.6 Å². The highest BCUT2D eigenvalue weighted by molar-refractivity contribution is 6.30. The lowest BCUT2D eigenvalue weighted by Gasteiger charge is -2.05. The lowest BCUT2D eigenvalue weighted by Crippen LogP contribution is -1.94. The number of hydrogen-bond acceptors (Lipinski definition) is 3. The molecule has 1 heterocycles. The topological polar surface area (TPSA) is 50.9 Å². The monoisotopic (exact) mass is 219 g/mol. The Bertz CT molecular complexity index is 454. The van der Waals surface area contributed by atoms with Gasteiger partial charge in [0.15, 0.2) is 0 Å². The molecule has 0 bridgehead atoms. The summed E-state index contributed by atoms with van der Waals surface area (Å²) in [5.74, 6) is 0.720.